The molecule has 0 unspecified atom stereocenters. The number of nitrogens with one attached hydrogen (secondary N) is 1. The van der Waals surface area contributed by atoms with Gasteiger partial charge in [0.05, 0.1) is 30.7 Å². The number of aromatic nitrogens is 3. The number of methoxy groups -OCH3 is 1. The summed E-state index contributed by atoms with van der Waals surface area (Å²) in [7, 11) is 1.66. The highest BCUT2D eigenvalue weighted by Crippen LogP contribution is 2.30. The van der Waals surface area contributed by atoms with Crippen LogP contribution >= 0.6 is 0 Å². The van der Waals surface area contributed by atoms with Crippen LogP contribution in [-0.2, 0) is 13.0 Å². The summed E-state index contributed by atoms with van der Waals surface area (Å²) in [6.07, 6.45) is 6.19. The van der Waals surface area contributed by atoms with Gasteiger partial charge in [-0.2, -0.15) is 0 Å². The number of carbonyl (C=O) groups excluding carboxylic acids is 1. The lowest BCUT2D eigenvalue weighted by Gasteiger charge is -2.20. The molecule has 4 aromatic rings. The summed E-state index contributed by atoms with van der Waals surface area (Å²) < 4.78 is 9.68. The van der Waals surface area contributed by atoms with Gasteiger partial charge < -0.3 is 19.2 Å². The average molecular weight is 443 g/mol. The molecule has 2 aromatic carbocycles. The zero-order valence-corrected chi connectivity index (χ0v) is 19.6. The lowest BCUT2D eigenvalue weighted by Crippen LogP contribution is -2.39. The monoisotopic (exact) mass is 442 g/mol. The van der Waals surface area contributed by atoms with Crippen LogP contribution in [0, 0.1) is 20.8 Å². The van der Waals surface area contributed by atoms with Crippen LogP contribution in [0.1, 0.15) is 32.9 Å². The molecule has 0 fully saturated rings. The van der Waals surface area contributed by atoms with Crippen LogP contribution in [0.2, 0.25) is 0 Å². The first-order valence-corrected chi connectivity index (χ1v) is 11.1. The molecule has 0 spiro atoms. The van der Waals surface area contributed by atoms with Crippen LogP contribution in [0.3, 0.4) is 0 Å². The van der Waals surface area contributed by atoms with Crippen molar-refractivity contribution in [1.29, 1.82) is 0 Å². The second-order valence-corrected chi connectivity index (χ2v) is 8.30. The second kappa shape index (κ2) is 9.77. The molecule has 0 aliphatic carbocycles. The predicted molar refractivity (Wildman–Crippen MR) is 130 cm³/mol. The molecule has 0 saturated carbocycles. The van der Waals surface area contributed by atoms with E-state index in [2.05, 4.69) is 27.0 Å². The smallest absolute Gasteiger partial charge is 0.253 e. The Balaban J connectivity index is 1.66. The van der Waals surface area contributed by atoms with Crippen LogP contribution < -0.4 is 10.1 Å². The molecule has 6 nitrogen and oxygen atoms in total. The Labute approximate surface area is 194 Å². The Morgan fingerprint density at radius 1 is 1.03 bits per heavy atom. The third-order valence-electron chi connectivity index (χ3n) is 6.15. The number of rotatable bonds is 8. The van der Waals surface area contributed by atoms with E-state index in [0.29, 0.717) is 12.1 Å². The number of nitrogens with zero attached hydrogens (tertiary/aromatic N) is 3. The van der Waals surface area contributed by atoms with Gasteiger partial charge in [-0.15, -0.1) is 0 Å². The van der Waals surface area contributed by atoms with Crippen molar-refractivity contribution in [3.63, 3.8) is 0 Å². The lowest BCUT2D eigenvalue weighted by atomic mass is 10.0. The molecule has 33 heavy (non-hydrogen) atoms. The van der Waals surface area contributed by atoms with Crippen molar-refractivity contribution in [1.82, 2.24) is 19.4 Å². The van der Waals surface area contributed by atoms with Crippen molar-refractivity contribution in [2.75, 3.05) is 7.11 Å². The number of imidazole rings is 1. The van der Waals surface area contributed by atoms with Gasteiger partial charge in [0.1, 0.15) is 5.75 Å². The van der Waals surface area contributed by atoms with Gasteiger partial charge in [-0.25, -0.2) is 4.98 Å². The number of hydrogen-bond donors (Lipinski definition) is 1. The van der Waals surface area contributed by atoms with Crippen molar-refractivity contribution in [2.45, 2.75) is 39.8 Å². The number of ether oxygens (including phenoxy) is 1. The van der Waals surface area contributed by atoms with Gasteiger partial charge in [0, 0.05) is 30.3 Å². The average Bonchev–Trinajstić information content (AvgIpc) is 3.40. The summed E-state index contributed by atoms with van der Waals surface area (Å²) in [6, 6.07) is 18.0. The van der Waals surface area contributed by atoms with Crippen molar-refractivity contribution in [2.24, 2.45) is 0 Å². The fourth-order valence-electron chi connectivity index (χ4n) is 4.46. The summed E-state index contributed by atoms with van der Waals surface area (Å²) >= 11 is 0. The third kappa shape index (κ3) is 4.70. The molecule has 2 heterocycles. The van der Waals surface area contributed by atoms with Crippen LogP contribution in [0.15, 0.2) is 73.3 Å². The normalized spacial score (nSPS) is 11.9. The Hall–Kier alpha value is -3.80. The van der Waals surface area contributed by atoms with E-state index in [1.165, 1.54) is 5.56 Å². The minimum atomic E-state index is -0.0807. The molecule has 2 aromatic heterocycles. The zero-order chi connectivity index (χ0) is 23.4. The Bertz CT molecular complexity index is 1230. The second-order valence-electron chi connectivity index (χ2n) is 8.30. The molecular formula is C27H30N4O2. The fourth-order valence-corrected chi connectivity index (χ4v) is 4.46. The highest BCUT2D eigenvalue weighted by molar-refractivity contribution is 5.97. The first-order chi connectivity index (χ1) is 16.0. The fraction of sp³-hybridized carbons (Fsp3) is 0.259. The van der Waals surface area contributed by atoms with E-state index in [1.54, 1.807) is 19.6 Å². The van der Waals surface area contributed by atoms with Gasteiger partial charge in [0.15, 0.2) is 0 Å². The molecule has 4 rings (SSSR count). The summed E-state index contributed by atoms with van der Waals surface area (Å²) in [6.45, 7) is 6.68. The van der Waals surface area contributed by atoms with E-state index in [4.69, 9.17) is 4.74 Å². The highest BCUT2D eigenvalue weighted by Gasteiger charge is 2.24. The standard InChI is InChI=1S/C27H30N4O2/c1-19-20(2)31(24-12-8-9-13-25(24)33-4)21(3)26(19)27(32)29-23(17-30-15-14-28-18-30)16-22-10-6-5-7-11-22/h5-15,18,23H,16-17H2,1-4H3,(H,29,32)/t23-/m0/s1. The first kappa shape index (κ1) is 22.4. The Morgan fingerprint density at radius 2 is 1.76 bits per heavy atom. The molecule has 0 aliphatic heterocycles. The van der Waals surface area contributed by atoms with Crippen molar-refractivity contribution >= 4 is 5.91 Å². The number of benzene rings is 2. The topological polar surface area (TPSA) is 61.1 Å². The summed E-state index contributed by atoms with van der Waals surface area (Å²) in [5.74, 6) is 0.704. The van der Waals surface area contributed by atoms with Crippen molar-refractivity contribution < 1.29 is 9.53 Å². The van der Waals surface area contributed by atoms with Gasteiger partial charge >= 0.3 is 0 Å². The Kier molecular flexibility index (Phi) is 6.63. The zero-order valence-electron chi connectivity index (χ0n) is 19.6. The minimum absolute atomic E-state index is 0.0669. The molecule has 0 saturated heterocycles. The van der Waals surface area contributed by atoms with Gasteiger partial charge in [-0.05, 0) is 50.5 Å². The molecule has 170 valence electrons. The SMILES string of the molecule is COc1ccccc1-n1c(C)c(C)c(C(=O)N[C@@H](Cc2ccccc2)Cn2ccnc2)c1C. The molecule has 1 N–H and O–H groups in total. The number of carbonyl (C=O) groups is 1. The largest absolute Gasteiger partial charge is 0.495 e. The van der Waals surface area contributed by atoms with E-state index in [-0.39, 0.29) is 11.9 Å². The molecule has 6 heteroatoms. The highest BCUT2D eigenvalue weighted by atomic mass is 16.5. The maximum Gasteiger partial charge on any atom is 0.253 e. The lowest BCUT2D eigenvalue weighted by molar-refractivity contribution is 0.0931. The summed E-state index contributed by atoms with van der Waals surface area (Å²) in [5.41, 5.74) is 5.71. The van der Waals surface area contributed by atoms with Crippen LogP contribution in [0.25, 0.3) is 5.69 Å². The molecule has 1 amide bonds. The van der Waals surface area contributed by atoms with Gasteiger partial charge in [0.2, 0.25) is 0 Å². The first-order valence-electron chi connectivity index (χ1n) is 11.1. The molecular weight excluding hydrogens is 412 g/mol. The van der Waals surface area contributed by atoms with E-state index < -0.39 is 0 Å². The summed E-state index contributed by atoms with van der Waals surface area (Å²) in [5, 5.41) is 3.29. The van der Waals surface area contributed by atoms with Crippen molar-refractivity contribution in [3.8, 4) is 11.4 Å². The van der Waals surface area contributed by atoms with E-state index in [9.17, 15) is 4.79 Å². The molecule has 1 atom stereocenters. The van der Waals surface area contributed by atoms with Crippen molar-refractivity contribution in [3.05, 3.63) is 101 Å². The molecule has 0 radical (unpaired) electrons. The maximum absolute atomic E-state index is 13.6. The van der Waals surface area contributed by atoms with Crippen LogP contribution in [-0.4, -0.2) is 33.2 Å². The molecule has 0 aliphatic rings. The predicted octanol–water partition coefficient (Wildman–Crippen LogP) is 4.65. The van der Waals surface area contributed by atoms with Gasteiger partial charge in [-0.1, -0.05) is 42.5 Å². The Morgan fingerprint density at radius 3 is 2.45 bits per heavy atom. The van der Waals surface area contributed by atoms with Crippen LogP contribution in [0.5, 0.6) is 5.75 Å². The van der Waals surface area contributed by atoms with Crippen LogP contribution in [0.4, 0.5) is 0 Å². The minimum Gasteiger partial charge on any atom is -0.495 e. The molecule has 0 bridgehead atoms. The van der Waals surface area contributed by atoms with E-state index in [1.807, 2.05) is 74.0 Å². The van der Waals surface area contributed by atoms with Gasteiger partial charge in [0.25, 0.3) is 5.91 Å². The number of hydrogen-bond acceptors (Lipinski definition) is 3. The number of para-hydroxylation sites is 2. The maximum atomic E-state index is 13.6. The van der Waals surface area contributed by atoms with E-state index >= 15 is 0 Å². The van der Waals surface area contributed by atoms with Gasteiger partial charge in [-0.3, -0.25) is 4.79 Å². The quantitative estimate of drug-likeness (QED) is 0.432. The third-order valence-corrected chi connectivity index (χ3v) is 6.15. The van der Waals surface area contributed by atoms with E-state index in [0.717, 1.165) is 34.8 Å². The number of amides is 1. The summed E-state index contributed by atoms with van der Waals surface area (Å²) in [4.78, 5) is 17.7.